The third-order valence-electron chi connectivity index (χ3n) is 2.99. The Hall–Kier alpha value is -1.65. The van der Waals surface area contributed by atoms with Crippen molar-refractivity contribution < 1.29 is 9.52 Å². The molecule has 4 heteroatoms. The van der Waals surface area contributed by atoms with E-state index in [9.17, 15) is 0 Å². The summed E-state index contributed by atoms with van der Waals surface area (Å²) in [7, 11) is 0. The van der Waals surface area contributed by atoms with Gasteiger partial charge in [0.15, 0.2) is 0 Å². The van der Waals surface area contributed by atoms with Crippen LogP contribution in [0.15, 0.2) is 41.0 Å². The molecule has 4 nitrogen and oxygen atoms in total. The van der Waals surface area contributed by atoms with E-state index in [2.05, 4.69) is 17.2 Å². The van der Waals surface area contributed by atoms with Crippen LogP contribution in [0.1, 0.15) is 19.0 Å². The second-order valence-corrected chi connectivity index (χ2v) is 4.76. The average molecular weight is 260 g/mol. The lowest BCUT2D eigenvalue weighted by Gasteiger charge is -2.09. The van der Waals surface area contributed by atoms with Crippen LogP contribution in [0.2, 0.25) is 0 Å². The summed E-state index contributed by atoms with van der Waals surface area (Å²) in [6.07, 6.45) is 2.51. The molecule has 0 fully saturated rings. The molecule has 2 N–H and O–H groups in total. The van der Waals surface area contributed by atoms with Crippen molar-refractivity contribution in [2.24, 2.45) is 5.92 Å². The zero-order chi connectivity index (χ0) is 13.5. The van der Waals surface area contributed by atoms with Gasteiger partial charge in [-0.05, 0) is 31.0 Å². The highest BCUT2D eigenvalue weighted by molar-refractivity contribution is 5.52. The summed E-state index contributed by atoms with van der Waals surface area (Å²) < 4.78 is 5.46. The van der Waals surface area contributed by atoms with Crippen molar-refractivity contribution in [1.82, 2.24) is 10.3 Å². The number of hydrogen-bond donors (Lipinski definition) is 2. The number of aromatic nitrogens is 1. The third-order valence-corrected chi connectivity index (χ3v) is 2.99. The molecule has 1 atom stereocenters. The summed E-state index contributed by atoms with van der Waals surface area (Å²) >= 11 is 0. The maximum absolute atomic E-state index is 8.83. The Bertz CT molecular complexity index is 482. The Labute approximate surface area is 113 Å². The van der Waals surface area contributed by atoms with Crippen LogP contribution in [0, 0.1) is 5.92 Å². The number of aliphatic hydroxyl groups excluding tert-OH is 1. The summed E-state index contributed by atoms with van der Waals surface area (Å²) in [5.74, 6) is 1.12. The van der Waals surface area contributed by atoms with Gasteiger partial charge in [-0.3, -0.25) is 0 Å². The maximum atomic E-state index is 8.83. The molecule has 0 saturated carbocycles. The molecule has 0 aliphatic heterocycles. The van der Waals surface area contributed by atoms with Gasteiger partial charge < -0.3 is 14.8 Å². The van der Waals surface area contributed by atoms with E-state index in [1.54, 1.807) is 6.26 Å². The quantitative estimate of drug-likeness (QED) is 0.803. The molecular formula is C15H20N2O2. The van der Waals surface area contributed by atoms with Crippen LogP contribution in [0.3, 0.4) is 0 Å². The molecule has 0 spiro atoms. The molecule has 1 aromatic carbocycles. The van der Waals surface area contributed by atoms with Crippen molar-refractivity contribution in [3.05, 3.63) is 42.3 Å². The monoisotopic (exact) mass is 260 g/mol. The number of nitrogens with zero attached hydrogens (tertiary/aromatic N) is 1. The largest absolute Gasteiger partial charge is 0.444 e. The lowest BCUT2D eigenvalue weighted by molar-refractivity contribution is 0.260. The predicted molar refractivity (Wildman–Crippen MR) is 74.5 cm³/mol. The van der Waals surface area contributed by atoms with Gasteiger partial charge in [0.05, 0.1) is 5.69 Å². The van der Waals surface area contributed by atoms with Gasteiger partial charge in [0.1, 0.15) is 6.26 Å². The summed E-state index contributed by atoms with van der Waals surface area (Å²) in [6, 6.07) is 9.86. The number of rotatable bonds is 7. The van der Waals surface area contributed by atoms with Crippen LogP contribution in [0.4, 0.5) is 0 Å². The van der Waals surface area contributed by atoms with Crippen LogP contribution < -0.4 is 5.32 Å². The predicted octanol–water partition coefficient (Wildman–Crippen LogP) is 2.45. The zero-order valence-corrected chi connectivity index (χ0v) is 11.2. The number of oxazole rings is 1. The molecule has 0 bridgehead atoms. The first-order valence-electron chi connectivity index (χ1n) is 6.61. The van der Waals surface area contributed by atoms with E-state index in [4.69, 9.17) is 9.52 Å². The Morgan fingerprint density at radius 3 is 2.84 bits per heavy atom. The fourth-order valence-electron chi connectivity index (χ4n) is 1.87. The van der Waals surface area contributed by atoms with Gasteiger partial charge in [-0.2, -0.15) is 0 Å². The van der Waals surface area contributed by atoms with Gasteiger partial charge in [-0.25, -0.2) is 4.98 Å². The molecule has 1 unspecified atom stereocenters. The summed E-state index contributed by atoms with van der Waals surface area (Å²) in [4.78, 5) is 4.44. The lowest BCUT2D eigenvalue weighted by Crippen LogP contribution is -2.21. The highest BCUT2D eigenvalue weighted by atomic mass is 16.3. The van der Waals surface area contributed by atoms with Crippen molar-refractivity contribution in [3.8, 4) is 11.5 Å². The van der Waals surface area contributed by atoms with Crippen LogP contribution in [-0.4, -0.2) is 23.2 Å². The molecule has 2 aromatic rings. The molecular weight excluding hydrogens is 240 g/mol. The highest BCUT2D eigenvalue weighted by Crippen LogP contribution is 2.17. The molecule has 2 rings (SSSR count). The van der Waals surface area contributed by atoms with Crippen LogP contribution in [0.5, 0.6) is 0 Å². The molecule has 0 aliphatic carbocycles. The fourth-order valence-corrected chi connectivity index (χ4v) is 1.87. The summed E-state index contributed by atoms with van der Waals surface area (Å²) in [5, 5.41) is 12.1. The molecule has 0 saturated heterocycles. The number of hydrogen-bond acceptors (Lipinski definition) is 4. The highest BCUT2D eigenvalue weighted by Gasteiger charge is 2.06. The van der Waals surface area contributed by atoms with Gasteiger partial charge in [0.2, 0.25) is 5.89 Å². The van der Waals surface area contributed by atoms with E-state index in [0.717, 1.165) is 24.2 Å². The standard InChI is InChI=1S/C15H20N2O2/c1-12(7-8-18)9-16-10-14-11-19-15(17-14)13-5-3-2-4-6-13/h2-6,11-12,16,18H,7-10H2,1H3. The topological polar surface area (TPSA) is 58.3 Å². The first-order chi connectivity index (χ1) is 9.29. The van der Waals surface area contributed by atoms with Crippen LogP contribution in [-0.2, 0) is 6.54 Å². The fraction of sp³-hybridized carbons (Fsp3) is 0.400. The van der Waals surface area contributed by atoms with E-state index in [1.165, 1.54) is 0 Å². The number of benzene rings is 1. The van der Waals surface area contributed by atoms with Crippen molar-refractivity contribution in [1.29, 1.82) is 0 Å². The van der Waals surface area contributed by atoms with Gasteiger partial charge in [0, 0.05) is 18.7 Å². The van der Waals surface area contributed by atoms with E-state index in [0.29, 0.717) is 18.4 Å². The van der Waals surface area contributed by atoms with Gasteiger partial charge in [0.25, 0.3) is 0 Å². The minimum Gasteiger partial charge on any atom is -0.444 e. The van der Waals surface area contributed by atoms with Crippen molar-refractivity contribution in [3.63, 3.8) is 0 Å². The average Bonchev–Trinajstić information content (AvgIpc) is 2.89. The Morgan fingerprint density at radius 2 is 2.11 bits per heavy atom. The normalized spacial score (nSPS) is 12.5. The van der Waals surface area contributed by atoms with Gasteiger partial charge in [-0.15, -0.1) is 0 Å². The van der Waals surface area contributed by atoms with Crippen molar-refractivity contribution >= 4 is 0 Å². The molecule has 0 amide bonds. The van der Waals surface area contributed by atoms with E-state index < -0.39 is 0 Å². The SMILES string of the molecule is CC(CCO)CNCc1coc(-c2ccccc2)n1. The molecule has 19 heavy (non-hydrogen) atoms. The van der Waals surface area contributed by atoms with Crippen molar-refractivity contribution in [2.75, 3.05) is 13.2 Å². The molecule has 102 valence electrons. The first-order valence-corrected chi connectivity index (χ1v) is 6.61. The Balaban J connectivity index is 1.85. The number of aliphatic hydroxyl groups is 1. The Morgan fingerprint density at radius 1 is 1.32 bits per heavy atom. The molecule has 0 aliphatic rings. The maximum Gasteiger partial charge on any atom is 0.226 e. The second-order valence-electron chi connectivity index (χ2n) is 4.76. The zero-order valence-electron chi connectivity index (χ0n) is 11.2. The summed E-state index contributed by atoms with van der Waals surface area (Å²) in [5.41, 5.74) is 1.89. The van der Waals surface area contributed by atoms with Crippen LogP contribution >= 0.6 is 0 Å². The third kappa shape index (κ3) is 4.19. The van der Waals surface area contributed by atoms with E-state index in [-0.39, 0.29) is 6.61 Å². The Kier molecular flexibility index (Phi) is 5.12. The van der Waals surface area contributed by atoms with Gasteiger partial charge in [-0.1, -0.05) is 25.1 Å². The van der Waals surface area contributed by atoms with Crippen LogP contribution in [0.25, 0.3) is 11.5 Å². The number of nitrogens with one attached hydrogen (secondary N) is 1. The summed E-state index contributed by atoms with van der Waals surface area (Å²) in [6.45, 7) is 3.91. The molecule has 1 heterocycles. The molecule has 1 aromatic heterocycles. The van der Waals surface area contributed by atoms with E-state index in [1.807, 2.05) is 30.3 Å². The smallest absolute Gasteiger partial charge is 0.226 e. The molecule has 0 radical (unpaired) electrons. The second kappa shape index (κ2) is 7.07. The lowest BCUT2D eigenvalue weighted by atomic mass is 10.1. The minimum atomic E-state index is 0.241. The van der Waals surface area contributed by atoms with Gasteiger partial charge >= 0.3 is 0 Å². The van der Waals surface area contributed by atoms with Crippen molar-refractivity contribution in [2.45, 2.75) is 19.9 Å². The minimum absolute atomic E-state index is 0.241. The van der Waals surface area contributed by atoms with E-state index >= 15 is 0 Å². The first kappa shape index (κ1) is 13.8.